The summed E-state index contributed by atoms with van der Waals surface area (Å²) < 4.78 is 47.9. The maximum absolute atomic E-state index is 15.6. The number of hydrogen-bond donors (Lipinski definition) is 1. The molecule has 1 saturated heterocycles. The fraction of sp³-hybridized carbons (Fsp3) is 0.421. The number of ether oxygens (including phenoxy) is 6. The van der Waals surface area contributed by atoms with Crippen LogP contribution in [-0.2, 0) is 18.9 Å². The second-order valence-corrected chi connectivity index (χ2v) is 13.3. The molecule has 52 heavy (non-hydrogen) atoms. The van der Waals surface area contributed by atoms with Crippen molar-refractivity contribution in [3.8, 4) is 11.5 Å². The predicted octanol–water partition coefficient (Wildman–Crippen LogP) is 5.44. The van der Waals surface area contributed by atoms with Gasteiger partial charge in [0.15, 0.2) is 25.2 Å². The minimum atomic E-state index is -0.821. The van der Waals surface area contributed by atoms with Gasteiger partial charge in [-0.15, -0.1) is 0 Å². The van der Waals surface area contributed by atoms with Gasteiger partial charge in [0.05, 0.1) is 17.3 Å². The maximum Gasteiger partial charge on any atom is 0.410 e. The van der Waals surface area contributed by atoms with Gasteiger partial charge in [0.25, 0.3) is 5.91 Å². The summed E-state index contributed by atoms with van der Waals surface area (Å²) in [5.74, 6) is -2.05. The number of rotatable bonds is 13. The van der Waals surface area contributed by atoms with Crippen LogP contribution in [0.15, 0.2) is 60.7 Å². The molecule has 1 fully saturated rings. The number of esters is 1. The van der Waals surface area contributed by atoms with Gasteiger partial charge in [-0.2, -0.15) is 0 Å². The highest BCUT2D eigenvalue weighted by Crippen LogP contribution is 2.31. The first-order valence-electron chi connectivity index (χ1n) is 16.7. The Balaban J connectivity index is 1.55. The topological polar surface area (TPSA) is 142 Å². The zero-order valence-corrected chi connectivity index (χ0v) is 30.5. The van der Waals surface area contributed by atoms with Gasteiger partial charge in [0.2, 0.25) is 0 Å². The SMILES string of the molecule is COCOc1ccc(C(=O)N[C@@H]2CN(C(=O)OC(C)(C)C)CCC[C@H]2OC(=O)c2ccc(C(=O)c3c(OCOC)ccc(N(C)C)c3F)cc2)cc1. The Morgan fingerprint density at radius 2 is 1.48 bits per heavy atom. The molecule has 0 radical (unpaired) electrons. The highest BCUT2D eigenvalue weighted by Gasteiger charge is 2.35. The van der Waals surface area contributed by atoms with E-state index in [0.717, 1.165) is 0 Å². The fourth-order valence-electron chi connectivity index (χ4n) is 5.44. The van der Waals surface area contributed by atoms with Crippen LogP contribution < -0.4 is 19.7 Å². The first-order valence-corrected chi connectivity index (χ1v) is 16.7. The number of benzene rings is 3. The van der Waals surface area contributed by atoms with Crippen molar-refractivity contribution in [2.24, 2.45) is 0 Å². The Morgan fingerprint density at radius 3 is 2.10 bits per heavy atom. The summed E-state index contributed by atoms with van der Waals surface area (Å²) in [5.41, 5.74) is -0.265. The smallest absolute Gasteiger partial charge is 0.410 e. The van der Waals surface area contributed by atoms with E-state index in [-0.39, 0.29) is 48.3 Å². The Morgan fingerprint density at radius 1 is 0.865 bits per heavy atom. The normalized spacial score (nSPS) is 16.0. The summed E-state index contributed by atoms with van der Waals surface area (Å²) in [6.07, 6.45) is -0.574. The van der Waals surface area contributed by atoms with Gasteiger partial charge < -0.3 is 43.5 Å². The highest BCUT2D eigenvalue weighted by molar-refractivity contribution is 6.11. The average Bonchev–Trinajstić information content (AvgIpc) is 3.30. The monoisotopic (exact) mass is 723 g/mol. The number of halogens is 1. The van der Waals surface area contributed by atoms with Crippen molar-refractivity contribution in [1.29, 1.82) is 0 Å². The number of carbonyl (C=O) groups excluding carboxylic acids is 4. The molecule has 2 amide bonds. The molecule has 3 aromatic rings. The molecule has 1 aliphatic rings. The molecule has 1 aliphatic heterocycles. The van der Waals surface area contributed by atoms with Crippen LogP contribution in [0.5, 0.6) is 11.5 Å². The maximum atomic E-state index is 15.6. The summed E-state index contributed by atoms with van der Waals surface area (Å²) in [6, 6.07) is 14.2. The lowest BCUT2D eigenvalue weighted by Crippen LogP contribution is -2.51. The molecule has 0 saturated carbocycles. The molecule has 0 aliphatic carbocycles. The van der Waals surface area contributed by atoms with E-state index in [2.05, 4.69) is 5.32 Å². The van der Waals surface area contributed by atoms with Crippen molar-refractivity contribution in [1.82, 2.24) is 10.2 Å². The molecule has 0 aromatic heterocycles. The van der Waals surface area contributed by atoms with E-state index < -0.39 is 47.3 Å². The van der Waals surface area contributed by atoms with Crippen molar-refractivity contribution >= 4 is 29.4 Å². The van der Waals surface area contributed by atoms with Gasteiger partial charge in [-0.25, -0.2) is 14.0 Å². The van der Waals surface area contributed by atoms with Crippen LogP contribution in [0.25, 0.3) is 0 Å². The van der Waals surface area contributed by atoms with E-state index in [9.17, 15) is 19.2 Å². The second-order valence-electron chi connectivity index (χ2n) is 13.3. The molecule has 1 heterocycles. The quantitative estimate of drug-likeness (QED) is 0.137. The lowest BCUT2D eigenvalue weighted by molar-refractivity contribution is 0.0127. The third-order valence-corrected chi connectivity index (χ3v) is 7.98. The minimum absolute atomic E-state index is 0.00989. The number of methoxy groups -OCH3 is 2. The third kappa shape index (κ3) is 10.4. The molecular formula is C38H46FN3O10. The molecule has 2 atom stereocenters. The largest absolute Gasteiger partial charge is 0.468 e. The van der Waals surface area contributed by atoms with E-state index in [1.807, 2.05) is 0 Å². The van der Waals surface area contributed by atoms with Gasteiger partial charge in [-0.3, -0.25) is 9.59 Å². The Hall–Kier alpha value is -5.21. The number of nitrogens with zero attached hydrogens (tertiary/aromatic N) is 2. The van der Waals surface area contributed by atoms with Gasteiger partial charge in [-0.1, -0.05) is 12.1 Å². The van der Waals surface area contributed by atoms with E-state index in [1.54, 1.807) is 59.1 Å². The Labute approximate surface area is 302 Å². The second kappa shape index (κ2) is 17.8. The molecule has 280 valence electrons. The molecule has 14 heteroatoms. The van der Waals surface area contributed by atoms with Crippen LogP contribution in [0.4, 0.5) is 14.9 Å². The molecule has 1 N–H and O–H groups in total. The van der Waals surface area contributed by atoms with Crippen LogP contribution >= 0.6 is 0 Å². The van der Waals surface area contributed by atoms with Crippen LogP contribution in [0, 0.1) is 5.82 Å². The van der Waals surface area contributed by atoms with E-state index in [4.69, 9.17) is 28.4 Å². The number of hydrogen-bond acceptors (Lipinski definition) is 11. The summed E-state index contributed by atoms with van der Waals surface area (Å²) in [4.78, 5) is 56.6. The van der Waals surface area contributed by atoms with E-state index in [0.29, 0.717) is 30.7 Å². The lowest BCUT2D eigenvalue weighted by atomic mass is 9.99. The van der Waals surface area contributed by atoms with Crippen LogP contribution in [0.3, 0.4) is 0 Å². The van der Waals surface area contributed by atoms with Crippen LogP contribution in [-0.4, -0.2) is 101 Å². The first kappa shape index (κ1) is 39.6. The fourth-order valence-corrected chi connectivity index (χ4v) is 5.44. The van der Waals surface area contributed by atoms with Crippen LogP contribution in [0.2, 0.25) is 0 Å². The zero-order valence-electron chi connectivity index (χ0n) is 30.5. The number of anilines is 1. The van der Waals surface area contributed by atoms with Crippen molar-refractivity contribution in [2.75, 3.05) is 59.9 Å². The molecule has 3 aromatic carbocycles. The zero-order chi connectivity index (χ0) is 38.0. The molecule has 0 spiro atoms. The molecule has 0 unspecified atom stereocenters. The summed E-state index contributed by atoms with van der Waals surface area (Å²) in [7, 11) is 6.21. The lowest BCUT2D eigenvalue weighted by Gasteiger charge is -2.30. The standard InChI is InChI=1S/C38H46FN3O10/c1-38(2,3)52-37(46)42-20-8-9-30(28(21-42)40-35(44)25-14-16-27(17-15-25)49-22-47-6)51-36(45)26-12-10-24(11-13-26)34(43)32-31(50-23-48-7)19-18-29(33(32)39)41(4)5/h10-19,28,30H,8-9,20-23H2,1-7H3,(H,40,44)/t28-,30-/m1/s1. The molecule has 0 bridgehead atoms. The number of likely N-dealkylation sites (tertiary alicyclic amines) is 1. The summed E-state index contributed by atoms with van der Waals surface area (Å²) in [6.45, 7) is 5.48. The Bertz CT molecular complexity index is 1710. The first-order chi connectivity index (χ1) is 24.7. The van der Waals surface area contributed by atoms with E-state index >= 15 is 4.39 Å². The third-order valence-electron chi connectivity index (χ3n) is 7.98. The van der Waals surface area contributed by atoms with Crippen molar-refractivity contribution in [3.63, 3.8) is 0 Å². The van der Waals surface area contributed by atoms with Gasteiger partial charge >= 0.3 is 12.1 Å². The minimum Gasteiger partial charge on any atom is -0.468 e. The molecular weight excluding hydrogens is 677 g/mol. The van der Waals surface area contributed by atoms with Crippen LogP contribution in [0.1, 0.15) is 70.3 Å². The average molecular weight is 724 g/mol. The molecule has 13 nitrogen and oxygen atoms in total. The summed E-state index contributed by atoms with van der Waals surface area (Å²) in [5, 5.41) is 2.94. The predicted molar refractivity (Wildman–Crippen MR) is 190 cm³/mol. The number of ketones is 1. The highest BCUT2D eigenvalue weighted by atomic mass is 19.1. The number of carbonyl (C=O) groups is 4. The summed E-state index contributed by atoms with van der Waals surface area (Å²) >= 11 is 0. The van der Waals surface area contributed by atoms with Crippen molar-refractivity contribution in [2.45, 2.75) is 51.4 Å². The number of nitrogens with one attached hydrogen (secondary N) is 1. The number of amides is 2. The van der Waals surface area contributed by atoms with Crippen molar-refractivity contribution in [3.05, 3.63) is 88.7 Å². The van der Waals surface area contributed by atoms with Crippen molar-refractivity contribution < 1.29 is 52.0 Å². The van der Waals surface area contributed by atoms with Gasteiger partial charge in [0.1, 0.15) is 28.8 Å². The van der Waals surface area contributed by atoms with Gasteiger partial charge in [-0.05, 0) is 82.1 Å². The molecule has 4 rings (SSSR count). The Kier molecular flexibility index (Phi) is 13.6. The van der Waals surface area contributed by atoms with Gasteiger partial charge in [0, 0.05) is 52.5 Å². The van der Waals surface area contributed by atoms with E-state index in [1.165, 1.54) is 60.4 Å².